The van der Waals surface area contributed by atoms with Gasteiger partial charge in [0.2, 0.25) is 5.88 Å². The first-order chi connectivity index (χ1) is 10.6. The largest absolute Gasteiger partial charge is 0.481 e. The topological polar surface area (TPSA) is 77.2 Å². The van der Waals surface area contributed by atoms with Crippen LogP contribution in [0.25, 0.3) is 22.6 Å². The number of carboxylic acid groups (broad SMARTS) is 1. The molecule has 0 radical (unpaired) electrons. The van der Waals surface area contributed by atoms with E-state index in [1.165, 1.54) is 7.11 Å². The number of aliphatic carboxylic acids is 1. The highest BCUT2D eigenvalue weighted by Gasteiger charge is 2.16. The van der Waals surface area contributed by atoms with E-state index in [9.17, 15) is 4.79 Å². The minimum atomic E-state index is -0.973. The predicted molar refractivity (Wildman–Crippen MR) is 82.2 cm³/mol. The summed E-state index contributed by atoms with van der Waals surface area (Å²) < 4.78 is 6.64. The standard InChI is InChI=1S/C15H12ClN3O3/c1-22-12-7-6-11-15(18-12)19(8-13(20)21)14(17-11)9-2-4-10(16)5-3-9/h2-7H,8H2,1H3,(H,20,21). The molecule has 0 atom stereocenters. The zero-order valence-electron chi connectivity index (χ0n) is 11.7. The number of hydrogen-bond donors (Lipinski definition) is 1. The second kappa shape index (κ2) is 5.65. The number of imidazole rings is 1. The van der Waals surface area contributed by atoms with Crippen molar-refractivity contribution < 1.29 is 14.6 Å². The number of carboxylic acids is 1. The second-order valence-electron chi connectivity index (χ2n) is 4.62. The number of carbonyl (C=O) groups is 1. The van der Waals surface area contributed by atoms with Crippen molar-refractivity contribution in [2.45, 2.75) is 6.54 Å². The zero-order valence-corrected chi connectivity index (χ0v) is 12.4. The molecule has 0 aliphatic heterocycles. The molecule has 0 bridgehead atoms. The van der Waals surface area contributed by atoms with Gasteiger partial charge in [0, 0.05) is 16.7 Å². The highest BCUT2D eigenvalue weighted by atomic mass is 35.5. The molecule has 0 unspecified atom stereocenters. The van der Waals surface area contributed by atoms with Gasteiger partial charge >= 0.3 is 5.97 Å². The predicted octanol–water partition coefficient (Wildman–Crippen LogP) is 2.84. The number of benzene rings is 1. The Hall–Kier alpha value is -2.60. The molecule has 112 valence electrons. The maximum absolute atomic E-state index is 11.2. The lowest BCUT2D eigenvalue weighted by atomic mass is 10.2. The van der Waals surface area contributed by atoms with Gasteiger partial charge in [-0.25, -0.2) is 4.98 Å². The van der Waals surface area contributed by atoms with Gasteiger partial charge in [0.05, 0.1) is 7.11 Å². The maximum Gasteiger partial charge on any atom is 0.323 e. The summed E-state index contributed by atoms with van der Waals surface area (Å²) in [5.41, 5.74) is 1.83. The van der Waals surface area contributed by atoms with E-state index in [-0.39, 0.29) is 6.54 Å². The van der Waals surface area contributed by atoms with Gasteiger partial charge in [-0.1, -0.05) is 11.6 Å². The molecule has 22 heavy (non-hydrogen) atoms. The van der Waals surface area contributed by atoms with Crippen molar-refractivity contribution in [1.29, 1.82) is 0 Å². The average Bonchev–Trinajstić information content (AvgIpc) is 2.85. The third kappa shape index (κ3) is 2.60. The number of hydrogen-bond acceptors (Lipinski definition) is 4. The molecule has 0 spiro atoms. The van der Waals surface area contributed by atoms with Gasteiger partial charge in [-0.2, -0.15) is 4.98 Å². The van der Waals surface area contributed by atoms with Crippen LogP contribution in [0.15, 0.2) is 36.4 Å². The molecule has 0 aliphatic rings. The molecule has 1 N–H and O–H groups in total. The van der Waals surface area contributed by atoms with Crippen LogP contribution in [0.1, 0.15) is 0 Å². The van der Waals surface area contributed by atoms with Crippen molar-refractivity contribution in [3.63, 3.8) is 0 Å². The van der Waals surface area contributed by atoms with Crippen LogP contribution in [0.2, 0.25) is 5.02 Å². The normalized spacial score (nSPS) is 10.8. The molecule has 2 aromatic heterocycles. The van der Waals surface area contributed by atoms with E-state index >= 15 is 0 Å². The summed E-state index contributed by atoms with van der Waals surface area (Å²) in [5, 5.41) is 9.76. The van der Waals surface area contributed by atoms with E-state index < -0.39 is 5.97 Å². The molecular formula is C15H12ClN3O3. The maximum atomic E-state index is 11.2. The van der Waals surface area contributed by atoms with Gasteiger partial charge in [0.1, 0.15) is 17.9 Å². The number of aromatic nitrogens is 3. The van der Waals surface area contributed by atoms with Gasteiger partial charge in [-0.05, 0) is 30.3 Å². The van der Waals surface area contributed by atoms with Gasteiger partial charge in [-0.3, -0.25) is 9.36 Å². The van der Waals surface area contributed by atoms with Crippen LogP contribution in [0.3, 0.4) is 0 Å². The van der Waals surface area contributed by atoms with Crippen LogP contribution in [0.5, 0.6) is 5.88 Å². The van der Waals surface area contributed by atoms with Crippen LogP contribution in [-0.2, 0) is 11.3 Å². The summed E-state index contributed by atoms with van der Waals surface area (Å²) in [5.74, 6) is -0.0457. The molecule has 6 nitrogen and oxygen atoms in total. The minimum Gasteiger partial charge on any atom is -0.481 e. The van der Waals surface area contributed by atoms with E-state index in [1.54, 1.807) is 41.0 Å². The van der Waals surface area contributed by atoms with Crippen LogP contribution >= 0.6 is 11.6 Å². The summed E-state index contributed by atoms with van der Waals surface area (Å²) in [4.78, 5) is 20.0. The Morgan fingerprint density at radius 3 is 2.59 bits per heavy atom. The van der Waals surface area contributed by atoms with E-state index in [0.29, 0.717) is 27.9 Å². The fraction of sp³-hybridized carbons (Fsp3) is 0.133. The second-order valence-corrected chi connectivity index (χ2v) is 5.05. The molecule has 0 saturated heterocycles. The van der Waals surface area contributed by atoms with E-state index in [4.69, 9.17) is 21.4 Å². The third-order valence-electron chi connectivity index (χ3n) is 3.17. The summed E-state index contributed by atoms with van der Waals surface area (Å²) in [6, 6.07) is 10.5. The van der Waals surface area contributed by atoms with Crippen molar-refractivity contribution in [2.75, 3.05) is 7.11 Å². The Morgan fingerprint density at radius 1 is 1.23 bits per heavy atom. The van der Waals surface area contributed by atoms with Crippen LogP contribution in [-0.4, -0.2) is 32.7 Å². The molecule has 2 heterocycles. The van der Waals surface area contributed by atoms with Gasteiger partial charge in [0.15, 0.2) is 5.65 Å². The number of nitrogens with zero attached hydrogens (tertiary/aromatic N) is 3. The molecule has 7 heteroatoms. The van der Waals surface area contributed by atoms with E-state index in [2.05, 4.69) is 9.97 Å². The average molecular weight is 318 g/mol. The minimum absolute atomic E-state index is 0.241. The summed E-state index contributed by atoms with van der Waals surface area (Å²) in [7, 11) is 1.51. The van der Waals surface area contributed by atoms with E-state index in [0.717, 1.165) is 5.56 Å². The number of methoxy groups -OCH3 is 1. The Kier molecular flexibility index (Phi) is 3.68. The number of halogens is 1. The van der Waals surface area contributed by atoms with Gasteiger partial charge in [-0.15, -0.1) is 0 Å². The first kappa shape index (κ1) is 14.3. The smallest absolute Gasteiger partial charge is 0.323 e. The molecule has 1 aromatic carbocycles. The van der Waals surface area contributed by atoms with Gasteiger partial charge in [0.25, 0.3) is 0 Å². The number of fused-ring (bicyclic) bond motifs is 1. The SMILES string of the molecule is COc1ccc2nc(-c3ccc(Cl)cc3)n(CC(=O)O)c2n1. The zero-order chi connectivity index (χ0) is 15.7. The fourth-order valence-electron chi connectivity index (χ4n) is 2.20. The lowest BCUT2D eigenvalue weighted by molar-refractivity contribution is -0.137. The van der Waals surface area contributed by atoms with Crippen molar-refractivity contribution in [1.82, 2.24) is 14.5 Å². The fourth-order valence-corrected chi connectivity index (χ4v) is 2.33. The summed E-state index contributed by atoms with van der Waals surface area (Å²) in [6.45, 7) is -0.241. The molecule has 0 saturated carbocycles. The Balaban J connectivity index is 2.23. The first-order valence-electron chi connectivity index (χ1n) is 6.47. The molecule has 3 aromatic rings. The van der Waals surface area contributed by atoms with Gasteiger partial charge < -0.3 is 9.84 Å². The molecule has 0 aliphatic carbocycles. The Labute approximate surface area is 130 Å². The highest BCUT2D eigenvalue weighted by Crippen LogP contribution is 2.26. The molecule has 0 amide bonds. The van der Waals surface area contributed by atoms with Crippen molar-refractivity contribution in [3.05, 3.63) is 41.4 Å². The lowest BCUT2D eigenvalue weighted by Crippen LogP contribution is -2.10. The monoisotopic (exact) mass is 317 g/mol. The van der Waals surface area contributed by atoms with Crippen LogP contribution in [0.4, 0.5) is 0 Å². The van der Waals surface area contributed by atoms with Crippen molar-refractivity contribution >= 4 is 28.7 Å². The summed E-state index contributed by atoms with van der Waals surface area (Å²) in [6.07, 6.45) is 0. The first-order valence-corrected chi connectivity index (χ1v) is 6.85. The van der Waals surface area contributed by atoms with Crippen molar-refractivity contribution in [2.24, 2.45) is 0 Å². The number of pyridine rings is 1. The number of ether oxygens (including phenoxy) is 1. The Bertz CT molecular complexity index is 843. The highest BCUT2D eigenvalue weighted by molar-refractivity contribution is 6.30. The van der Waals surface area contributed by atoms with E-state index in [1.807, 2.05) is 0 Å². The van der Waals surface area contributed by atoms with Crippen LogP contribution in [0, 0.1) is 0 Å². The Morgan fingerprint density at radius 2 is 1.95 bits per heavy atom. The van der Waals surface area contributed by atoms with Crippen LogP contribution < -0.4 is 4.74 Å². The third-order valence-corrected chi connectivity index (χ3v) is 3.42. The molecule has 3 rings (SSSR count). The molecular weight excluding hydrogens is 306 g/mol. The quantitative estimate of drug-likeness (QED) is 0.800. The number of rotatable bonds is 4. The molecule has 0 fully saturated rings. The van der Waals surface area contributed by atoms with Crippen molar-refractivity contribution in [3.8, 4) is 17.3 Å². The summed E-state index contributed by atoms with van der Waals surface area (Å²) >= 11 is 5.89. The lowest BCUT2D eigenvalue weighted by Gasteiger charge is -2.06.